The van der Waals surface area contributed by atoms with E-state index in [0.717, 1.165) is 18.2 Å². The minimum Gasteiger partial charge on any atom is -0.504 e. The van der Waals surface area contributed by atoms with Crippen LogP contribution in [-0.2, 0) is 0 Å². The minimum atomic E-state index is -2.84. The molecule has 0 amide bonds. The Morgan fingerprint density at radius 2 is 1.91 bits per heavy atom. The van der Waals surface area contributed by atoms with E-state index in [0.29, 0.717) is 0 Å². The summed E-state index contributed by atoms with van der Waals surface area (Å²) in [5, 5.41) is 8.71. The van der Waals surface area contributed by atoms with Crippen LogP contribution >= 0.6 is 0 Å². The lowest BCUT2D eigenvalue weighted by atomic mass is 10.2. The van der Waals surface area contributed by atoms with Crippen LogP contribution in [0.3, 0.4) is 0 Å². The number of hydrogen-bond donors (Lipinski definition) is 1. The molecule has 0 aliphatic rings. The quantitative estimate of drug-likeness (QED) is 0.672. The monoisotopic (exact) mass is 162 g/mol. The van der Waals surface area contributed by atoms with Gasteiger partial charge in [-0.25, -0.2) is 13.2 Å². The predicted molar refractivity (Wildman–Crippen MR) is 33.0 cm³/mol. The summed E-state index contributed by atoms with van der Waals surface area (Å²) in [6.07, 6.45) is -2.84. The molecule has 0 fully saturated rings. The average Bonchev–Trinajstić information content (AvgIpc) is 1.94. The van der Waals surface area contributed by atoms with Gasteiger partial charge in [0, 0.05) is 0 Å². The molecule has 4 heteroatoms. The van der Waals surface area contributed by atoms with Gasteiger partial charge in [0.2, 0.25) is 0 Å². The third kappa shape index (κ3) is 1.45. The second-order valence-corrected chi connectivity index (χ2v) is 1.98. The van der Waals surface area contributed by atoms with Crippen LogP contribution in [0, 0.1) is 5.82 Å². The van der Waals surface area contributed by atoms with E-state index in [-0.39, 0.29) is 0 Å². The van der Waals surface area contributed by atoms with E-state index in [1.165, 1.54) is 0 Å². The van der Waals surface area contributed by atoms with Crippen LogP contribution in [0.4, 0.5) is 13.2 Å². The number of aromatic hydroxyl groups is 1. The van der Waals surface area contributed by atoms with E-state index in [1.54, 1.807) is 0 Å². The van der Waals surface area contributed by atoms with Gasteiger partial charge >= 0.3 is 0 Å². The third-order valence-electron chi connectivity index (χ3n) is 1.25. The van der Waals surface area contributed by atoms with Gasteiger partial charge in [0.15, 0.2) is 11.6 Å². The minimum absolute atomic E-state index is 0.676. The maximum Gasteiger partial charge on any atom is 0.267 e. The van der Waals surface area contributed by atoms with Crippen LogP contribution in [0.5, 0.6) is 5.75 Å². The van der Waals surface area contributed by atoms with E-state index < -0.39 is 23.6 Å². The van der Waals surface area contributed by atoms with Crippen LogP contribution in [0.25, 0.3) is 0 Å². The summed E-state index contributed by atoms with van der Waals surface area (Å²) in [6, 6.07) is 3.01. The molecule has 1 nitrogen and oxygen atoms in total. The summed E-state index contributed by atoms with van der Waals surface area (Å²) in [5.74, 6) is -2.00. The van der Waals surface area contributed by atoms with Crippen LogP contribution in [0.1, 0.15) is 12.0 Å². The molecule has 0 heterocycles. The van der Waals surface area contributed by atoms with Crippen molar-refractivity contribution < 1.29 is 18.3 Å². The second kappa shape index (κ2) is 2.82. The molecule has 0 radical (unpaired) electrons. The molecule has 0 saturated heterocycles. The van der Waals surface area contributed by atoms with Crippen molar-refractivity contribution in [1.82, 2.24) is 0 Å². The van der Waals surface area contributed by atoms with Crippen LogP contribution in [0.2, 0.25) is 0 Å². The van der Waals surface area contributed by atoms with Crippen molar-refractivity contribution in [3.8, 4) is 5.75 Å². The topological polar surface area (TPSA) is 20.2 Å². The molecule has 0 saturated carbocycles. The first-order valence-electron chi connectivity index (χ1n) is 2.88. The van der Waals surface area contributed by atoms with E-state index in [4.69, 9.17) is 5.11 Å². The highest BCUT2D eigenvalue weighted by Gasteiger charge is 2.14. The van der Waals surface area contributed by atoms with Gasteiger partial charge in [0.25, 0.3) is 6.43 Å². The summed E-state index contributed by atoms with van der Waals surface area (Å²) >= 11 is 0. The molecule has 0 aliphatic carbocycles. The normalized spacial score (nSPS) is 10.5. The lowest BCUT2D eigenvalue weighted by Crippen LogP contribution is -1.87. The molecule has 0 aliphatic heterocycles. The number of halogens is 3. The number of benzene rings is 1. The molecule has 0 bridgehead atoms. The van der Waals surface area contributed by atoms with Gasteiger partial charge in [0.05, 0.1) is 5.56 Å². The molecule has 0 aromatic heterocycles. The molecule has 1 aromatic rings. The maximum atomic E-state index is 12.4. The highest BCUT2D eigenvalue weighted by molar-refractivity contribution is 5.34. The van der Waals surface area contributed by atoms with E-state index >= 15 is 0 Å². The van der Waals surface area contributed by atoms with Gasteiger partial charge in [-0.05, 0) is 12.1 Å². The first-order chi connectivity index (χ1) is 5.13. The van der Waals surface area contributed by atoms with Crippen LogP contribution in [0.15, 0.2) is 18.2 Å². The highest BCUT2D eigenvalue weighted by Crippen LogP contribution is 2.29. The first-order valence-corrected chi connectivity index (χ1v) is 2.88. The highest BCUT2D eigenvalue weighted by atomic mass is 19.3. The van der Waals surface area contributed by atoms with Crippen molar-refractivity contribution in [3.63, 3.8) is 0 Å². The van der Waals surface area contributed by atoms with Gasteiger partial charge in [-0.15, -0.1) is 0 Å². The first kappa shape index (κ1) is 7.91. The van der Waals surface area contributed by atoms with E-state index in [2.05, 4.69) is 0 Å². The summed E-state index contributed by atoms with van der Waals surface area (Å²) in [6.45, 7) is 0. The van der Waals surface area contributed by atoms with Crippen molar-refractivity contribution in [2.75, 3.05) is 0 Å². The van der Waals surface area contributed by atoms with Gasteiger partial charge in [-0.2, -0.15) is 0 Å². The van der Waals surface area contributed by atoms with Crippen molar-refractivity contribution in [2.24, 2.45) is 0 Å². The molecular formula is C7H5F3O. The van der Waals surface area contributed by atoms with Crippen LogP contribution in [-0.4, -0.2) is 5.11 Å². The number of rotatable bonds is 1. The zero-order valence-corrected chi connectivity index (χ0v) is 5.39. The molecule has 1 N–H and O–H groups in total. The summed E-state index contributed by atoms with van der Waals surface area (Å²) in [5.41, 5.74) is -0.676. The smallest absolute Gasteiger partial charge is 0.267 e. The fraction of sp³-hybridized carbons (Fsp3) is 0.143. The van der Waals surface area contributed by atoms with Crippen molar-refractivity contribution in [1.29, 1.82) is 0 Å². The molecular weight excluding hydrogens is 157 g/mol. The molecule has 0 atom stereocenters. The van der Waals surface area contributed by atoms with Crippen molar-refractivity contribution in [2.45, 2.75) is 6.43 Å². The van der Waals surface area contributed by atoms with Crippen molar-refractivity contribution >= 4 is 0 Å². The second-order valence-electron chi connectivity index (χ2n) is 1.98. The standard InChI is InChI=1S/C7H5F3O/c8-5-3-1-2-4(6(5)11)7(9)10/h1-3,7,11H. The maximum absolute atomic E-state index is 12.4. The molecule has 0 unspecified atom stereocenters. The Labute approximate surface area is 61.1 Å². The lowest BCUT2D eigenvalue weighted by Gasteiger charge is -2.02. The third-order valence-corrected chi connectivity index (χ3v) is 1.25. The van der Waals surface area contributed by atoms with Crippen molar-refractivity contribution in [3.05, 3.63) is 29.6 Å². The number of alkyl halides is 2. The fourth-order valence-electron chi connectivity index (χ4n) is 0.708. The largest absolute Gasteiger partial charge is 0.504 e. The molecule has 60 valence electrons. The predicted octanol–water partition coefficient (Wildman–Crippen LogP) is 2.47. The number of phenolic OH excluding ortho intramolecular Hbond substituents is 1. The number of phenols is 1. The Balaban J connectivity index is 3.17. The van der Waals surface area contributed by atoms with Gasteiger partial charge in [0.1, 0.15) is 0 Å². The summed E-state index contributed by atoms with van der Waals surface area (Å²) < 4.78 is 36.1. The summed E-state index contributed by atoms with van der Waals surface area (Å²) in [7, 11) is 0. The van der Waals surface area contributed by atoms with Crippen LogP contribution < -0.4 is 0 Å². The fourth-order valence-corrected chi connectivity index (χ4v) is 0.708. The van der Waals surface area contributed by atoms with E-state index in [9.17, 15) is 13.2 Å². The van der Waals surface area contributed by atoms with E-state index in [1.807, 2.05) is 0 Å². The average molecular weight is 162 g/mol. The SMILES string of the molecule is Oc1c(F)cccc1C(F)F. The number of para-hydroxylation sites is 1. The zero-order chi connectivity index (χ0) is 8.43. The molecule has 1 aromatic carbocycles. The Morgan fingerprint density at radius 1 is 1.27 bits per heavy atom. The molecule has 11 heavy (non-hydrogen) atoms. The zero-order valence-electron chi connectivity index (χ0n) is 5.39. The van der Waals surface area contributed by atoms with Gasteiger partial charge in [-0.3, -0.25) is 0 Å². The molecule has 1 rings (SSSR count). The Morgan fingerprint density at radius 3 is 2.36 bits per heavy atom. The number of hydrogen-bond acceptors (Lipinski definition) is 1. The summed E-state index contributed by atoms with van der Waals surface area (Å²) in [4.78, 5) is 0. The Hall–Kier alpha value is -1.19. The lowest BCUT2D eigenvalue weighted by molar-refractivity contribution is 0.146. The Bertz CT molecular complexity index is 260. The molecule has 0 spiro atoms. The Kier molecular flexibility index (Phi) is 2.03. The van der Waals surface area contributed by atoms with Gasteiger partial charge < -0.3 is 5.11 Å². The van der Waals surface area contributed by atoms with Gasteiger partial charge in [-0.1, -0.05) is 6.07 Å².